The van der Waals surface area contributed by atoms with Gasteiger partial charge in [-0.05, 0) is 40.9 Å². The van der Waals surface area contributed by atoms with Crippen LogP contribution in [0.5, 0.6) is 0 Å². The number of carbonyl (C=O) groups is 2. The number of rotatable bonds is 5. The Kier molecular flexibility index (Phi) is 5.36. The number of carbonyl (C=O) groups excluding carboxylic acids is 2. The smallest absolute Gasteiger partial charge is 0.252 e. The molecule has 2 amide bonds. The zero-order valence-corrected chi connectivity index (χ0v) is 13.3. The number of halogens is 1. The van der Waals surface area contributed by atoms with E-state index in [1.807, 2.05) is 6.07 Å². The molecule has 1 fully saturated rings. The highest BCUT2D eigenvalue weighted by Crippen LogP contribution is 2.28. The van der Waals surface area contributed by atoms with Crippen molar-refractivity contribution in [2.45, 2.75) is 31.3 Å². The Bertz CT molecular complexity index is 527. The molecular formula is C15H19BrN2O3. The molecule has 0 radical (unpaired) electrons. The summed E-state index contributed by atoms with van der Waals surface area (Å²) in [4.78, 5) is 23.6. The first-order valence-electron chi connectivity index (χ1n) is 7.02. The topological polar surface area (TPSA) is 78.4 Å². The van der Waals surface area contributed by atoms with Gasteiger partial charge in [0, 0.05) is 11.0 Å². The summed E-state index contributed by atoms with van der Waals surface area (Å²) >= 11 is 3.29. The molecule has 0 spiro atoms. The lowest BCUT2D eigenvalue weighted by Gasteiger charge is -2.22. The lowest BCUT2D eigenvalue weighted by atomic mass is 10.0. The summed E-state index contributed by atoms with van der Waals surface area (Å²) in [5.41, 5.74) is -0.290. The highest BCUT2D eigenvalue weighted by Gasteiger charge is 2.31. The molecule has 0 aromatic heterocycles. The Hall–Kier alpha value is -1.40. The van der Waals surface area contributed by atoms with Crippen LogP contribution in [0.3, 0.4) is 0 Å². The fourth-order valence-electron chi connectivity index (χ4n) is 2.44. The quantitative estimate of drug-likeness (QED) is 0.751. The van der Waals surface area contributed by atoms with E-state index in [9.17, 15) is 14.7 Å². The molecule has 21 heavy (non-hydrogen) atoms. The van der Waals surface area contributed by atoms with E-state index in [2.05, 4.69) is 26.6 Å². The fourth-order valence-corrected chi connectivity index (χ4v) is 2.90. The number of hydrogen-bond donors (Lipinski definition) is 3. The van der Waals surface area contributed by atoms with Crippen LogP contribution in [0.2, 0.25) is 0 Å². The molecule has 2 rings (SSSR count). The number of nitrogens with one attached hydrogen (secondary N) is 2. The minimum atomic E-state index is -0.776. The highest BCUT2D eigenvalue weighted by molar-refractivity contribution is 9.10. The van der Waals surface area contributed by atoms with Gasteiger partial charge in [-0.3, -0.25) is 9.59 Å². The van der Waals surface area contributed by atoms with Gasteiger partial charge in [-0.2, -0.15) is 0 Å². The van der Waals surface area contributed by atoms with Crippen LogP contribution in [0.15, 0.2) is 28.7 Å². The third kappa shape index (κ3) is 4.54. The first-order chi connectivity index (χ1) is 10.0. The van der Waals surface area contributed by atoms with Crippen molar-refractivity contribution in [2.24, 2.45) is 0 Å². The number of hydrogen-bond acceptors (Lipinski definition) is 3. The van der Waals surface area contributed by atoms with E-state index >= 15 is 0 Å². The van der Waals surface area contributed by atoms with Gasteiger partial charge in [-0.15, -0.1) is 0 Å². The summed E-state index contributed by atoms with van der Waals surface area (Å²) in [6, 6.07) is 7.02. The second-order valence-electron chi connectivity index (χ2n) is 5.37. The molecule has 0 saturated heterocycles. The molecule has 1 aromatic carbocycles. The van der Waals surface area contributed by atoms with Gasteiger partial charge >= 0.3 is 0 Å². The van der Waals surface area contributed by atoms with E-state index in [0.29, 0.717) is 10.0 Å². The molecule has 0 atom stereocenters. The molecule has 6 heteroatoms. The summed E-state index contributed by atoms with van der Waals surface area (Å²) in [5.74, 6) is -0.604. The molecule has 3 N–H and O–H groups in total. The van der Waals surface area contributed by atoms with E-state index in [-0.39, 0.29) is 24.9 Å². The molecule has 1 aliphatic rings. The van der Waals surface area contributed by atoms with Crippen LogP contribution in [0.4, 0.5) is 0 Å². The third-order valence-corrected chi connectivity index (χ3v) is 4.37. The Labute approximate surface area is 132 Å². The predicted octanol–water partition coefficient (Wildman–Crippen LogP) is 1.60. The van der Waals surface area contributed by atoms with E-state index in [1.165, 1.54) is 0 Å². The van der Waals surface area contributed by atoms with E-state index in [1.54, 1.807) is 18.2 Å². The van der Waals surface area contributed by atoms with Crippen molar-refractivity contribution < 1.29 is 14.7 Å². The second-order valence-corrected chi connectivity index (χ2v) is 6.23. The average Bonchev–Trinajstić information content (AvgIpc) is 2.90. The Balaban J connectivity index is 1.76. The number of amides is 2. The summed E-state index contributed by atoms with van der Waals surface area (Å²) in [6.07, 6.45) is 3.42. The Morgan fingerprint density at radius 2 is 1.86 bits per heavy atom. The van der Waals surface area contributed by atoms with Gasteiger partial charge in [0.2, 0.25) is 5.91 Å². The SMILES string of the molecule is O=C(CNC(=O)c1ccccc1Br)NCC1(O)CCCC1. The van der Waals surface area contributed by atoms with Gasteiger partial charge in [0.15, 0.2) is 0 Å². The first-order valence-corrected chi connectivity index (χ1v) is 7.81. The van der Waals surface area contributed by atoms with E-state index < -0.39 is 5.60 Å². The third-order valence-electron chi connectivity index (χ3n) is 3.68. The lowest BCUT2D eigenvalue weighted by Crippen LogP contribution is -2.44. The molecule has 114 valence electrons. The van der Waals surface area contributed by atoms with Gasteiger partial charge in [-0.1, -0.05) is 25.0 Å². The molecule has 1 aliphatic carbocycles. The summed E-state index contributed by atoms with van der Waals surface area (Å²) in [6.45, 7) is 0.146. The van der Waals surface area contributed by atoms with Crippen LogP contribution in [-0.4, -0.2) is 35.6 Å². The number of aliphatic hydroxyl groups is 1. The van der Waals surface area contributed by atoms with Gasteiger partial charge in [-0.25, -0.2) is 0 Å². The van der Waals surface area contributed by atoms with Crippen LogP contribution in [-0.2, 0) is 4.79 Å². The van der Waals surface area contributed by atoms with Crippen LogP contribution in [0.1, 0.15) is 36.0 Å². The first kappa shape index (κ1) is 16.0. The molecular weight excluding hydrogens is 336 g/mol. The van der Waals surface area contributed by atoms with Gasteiger partial charge < -0.3 is 15.7 Å². The largest absolute Gasteiger partial charge is 0.388 e. The van der Waals surface area contributed by atoms with Crippen LogP contribution < -0.4 is 10.6 Å². The van der Waals surface area contributed by atoms with Crippen molar-refractivity contribution in [3.63, 3.8) is 0 Å². The summed E-state index contributed by atoms with van der Waals surface area (Å²) in [5, 5.41) is 15.4. The lowest BCUT2D eigenvalue weighted by molar-refractivity contribution is -0.121. The van der Waals surface area contributed by atoms with Crippen molar-refractivity contribution in [3.8, 4) is 0 Å². The van der Waals surface area contributed by atoms with Gasteiger partial charge in [0.05, 0.1) is 17.7 Å². The number of benzene rings is 1. The van der Waals surface area contributed by atoms with Crippen molar-refractivity contribution in [3.05, 3.63) is 34.3 Å². The molecule has 1 aromatic rings. The normalized spacial score (nSPS) is 16.5. The highest BCUT2D eigenvalue weighted by atomic mass is 79.9. The fraction of sp³-hybridized carbons (Fsp3) is 0.467. The minimum absolute atomic E-state index is 0.101. The Morgan fingerprint density at radius 3 is 2.52 bits per heavy atom. The molecule has 0 aliphatic heterocycles. The molecule has 0 heterocycles. The van der Waals surface area contributed by atoms with Gasteiger partial charge in [0.1, 0.15) is 0 Å². The van der Waals surface area contributed by atoms with E-state index in [0.717, 1.165) is 25.7 Å². The zero-order valence-electron chi connectivity index (χ0n) is 11.7. The van der Waals surface area contributed by atoms with Crippen LogP contribution in [0.25, 0.3) is 0 Å². The summed E-state index contributed by atoms with van der Waals surface area (Å²) in [7, 11) is 0. The van der Waals surface area contributed by atoms with Crippen LogP contribution in [0, 0.1) is 0 Å². The maximum absolute atomic E-state index is 11.9. The predicted molar refractivity (Wildman–Crippen MR) is 82.9 cm³/mol. The van der Waals surface area contributed by atoms with Crippen molar-refractivity contribution in [1.29, 1.82) is 0 Å². The van der Waals surface area contributed by atoms with Crippen LogP contribution >= 0.6 is 15.9 Å². The molecule has 0 unspecified atom stereocenters. The van der Waals surface area contributed by atoms with Crippen molar-refractivity contribution in [1.82, 2.24) is 10.6 Å². The standard InChI is InChI=1S/C15H19BrN2O3/c16-12-6-2-1-5-11(12)14(20)17-9-13(19)18-10-15(21)7-3-4-8-15/h1-2,5-6,21H,3-4,7-10H2,(H,17,20)(H,18,19). The monoisotopic (exact) mass is 354 g/mol. The Morgan fingerprint density at radius 1 is 1.19 bits per heavy atom. The van der Waals surface area contributed by atoms with Crippen molar-refractivity contribution in [2.75, 3.05) is 13.1 Å². The zero-order chi connectivity index (χ0) is 15.3. The summed E-state index contributed by atoms with van der Waals surface area (Å²) < 4.78 is 0.683. The average molecular weight is 355 g/mol. The van der Waals surface area contributed by atoms with Crippen molar-refractivity contribution >= 4 is 27.7 Å². The van der Waals surface area contributed by atoms with E-state index in [4.69, 9.17) is 0 Å². The maximum Gasteiger partial charge on any atom is 0.252 e. The maximum atomic E-state index is 11.9. The molecule has 5 nitrogen and oxygen atoms in total. The molecule has 1 saturated carbocycles. The molecule has 0 bridgehead atoms. The minimum Gasteiger partial charge on any atom is -0.388 e. The van der Waals surface area contributed by atoms with Gasteiger partial charge in [0.25, 0.3) is 5.91 Å². The second kappa shape index (κ2) is 7.04.